The summed E-state index contributed by atoms with van der Waals surface area (Å²) < 4.78 is 0. The van der Waals surface area contributed by atoms with Gasteiger partial charge in [-0.3, -0.25) is 9.59 Å². The molecule has 3 rings (SSSR count). The molecule has 0 atom stereocenters. The molecule has 1 saturated heterocycles. The third-order valence-electron chi connectivity index (χ3n) is 4.46. The van der Waals surface area contributed by atoms with Crippen LogP contribution in [0.5, 0.6) is 0 Å². The number of benzene rings is 2. The Hall–Kier alpha value is -2.27. The van der Waals surface area contributed by atoms with E-state index < -0.39 is 0 Å². The number of amides is 2. The van der Waals surface area contributed by atoms with E-state index in [1.54, 1.807) is 16.7 Å². The summed E-state index contributed by atoms with van der Waals surface area (Å²) in [5, 5.41) is 0. The lowest BCUT2D eigenvalue weighted by Gasteiger charge is -2.34. The molecule has 26 heavy (non-hydrogen) atoms. The van der Waals surface area contributed by atoms with Crippen molar-refractivity contribution in [2.24, 2.45) is 0 Å². The summed E-state index contributed by atoms with van der Waals surface area (Å²) >= 11 is 1.76. The van der Waals surface area contributed by atoms with Gasteiger partial charge in [-0.05, 0) is 11.1 Å². The van der Waals surface area contributed by atoms with Gasteiger partial charge in [-0.15, -0.1) is 0 Å². The zero-order valence-electron chi connectivity index (χ0n) is 14.8. The highest BCUT2D eigenvalue weighted by Crippen LogP contribution is 2.15. The molecule has 2 aromatic carbocycles. The predicted molar refractivity (Wildman–Crippen MR) is 106 cm³/mol. The summed E-state index contributed by atoms with van der Waals surface area (Å²) in [5.41, 5.74) is 2.40. The second-order valence-electron chi connectivity index (χ2n) is 6.40. The van der Waals surface area contributed by atoms with Gasteiger partial charge in [0.1, 0.15) is 0 Å². The van der Waals surface area contributed by atoms with E-state index in [0.29, 0.717) is 26.1 Å². The lowest BCUT2D eigenvalue weighted by atomic mass is 10.2. The number of piperazine rings is 1. The Morgan fingerprint density at radius 1 is 0.923 bits per heavy atom. The van der Waals surface area contributed by atoms with Crippen LogP contribution in [0.15, 0.2) is 60.7 Å². The van der Waals surface area contributed by atoms with Crippen molar-refractivity contribution >= 4 is 23.6 Å². The van der Waals surface area contributed by atoms with Crippen molar-refractivity contribution in [3.8, 4) is 0 Å². The highest BCUT2D eigenvalue weighted by Gasteiger charge is 2.26. The summed E-state index contributed by atoms with van der Waals surface area (Å²) in [6.45, 7) is 2.06. The van der Waals surface area contributed by atoms with Gasteiger partial charge in [0.25, 0.3) is 0 Å². The molecule has 1 heterocycles. The number of carbonyl (C=O) groups excluding carboxylic acids is 2. The van der Waals surface area contributed by atoms with Crippen LogP contribution in [-0.2, 0) is 21.9 Å². The van der Waals surface area contributed by atoms with E-state index in [1.165, 1.54) is 5.56 Å². The molecule has 0 bridgehead atoms. The van der Waals surface area contributed by atoms with Gasteiger partial charge in [0.05, 0.1) is 6.54 Å². The molecule has 0 radical (unpaired) electrons. The van der Waals surface area contributed by atoms with Crippen molar-refractivity contribution < 1.29 is 9.59 Å². The second-order valence-corrected chi connectivity index (χ2v) is 7.51. The monoisotopic (exact) mass is 368 g/mol. The minimum absolute atomic E-state index is 0.0328. The molecule has 1 aliphatic heterocycles. The smallest absolute Gasteiger partial charge is 0.242 e. The first-order valence-corrected chi connectivity index (χ1v) is 10.1. The number of hydrogen-bond donors (Lipinski definition) is 0. The minimum Gasteiger partial charge on any atom is -0.335 e. The number of rotatable bonds is 7. The van der Waals surface area contributed by atoms with Crippen LogP contribution in [0.1, 0.15) is 17.5 Å². The average molecular weight is 369 g/mol. The molecule has 0 aromatic heterocycles. The number of thioether (sulfide) groups is 1. The van der Waals surface area contributed by atoms with E-state index in [-0.39, 0.29) is 18.4 Å². The molecule has 0 unspecified atom stereocenters. The Labute approximate surface area is 159 Å². The van der Waals surface area contributed by atoms with E-state index >= 15 is 0 Å². The van der Waals surface area contributed by atoms with Gasteiger partial charge >= 0.3 is 0 Å². The van der Waals surface area contributed by atoms with Crippen LogP contribution in [0, 0.1) is 0 Å². The van der Waals surface area contributed by atoms with E-state index in [0.717, 1.165) is 17.1 Å². The molecule has 1 fully saturated rings. The summed E-state index contributed by atoms with van der Waals surface area (Å²) in [6.07, 6.45) is 0.490. The fourth-order valence-corrected chi connectivity index (χ4v) is 3.87. The predicted octanol–water partition coefficient (Wildman–Crippen LogP) is 3.18. The van der Waals surface area contributed by atoms with Gasteiger partial charge in [0.2, 0.25) is 11.8 Å². The van der Waals surface area contributed by atoms with Crippen molar-refractivity contribution in [1.82, 2.24) is 9.80 Å². The minimum atomic E-state index is 0.0328. The molecule has 136 valence electrons. The number of hydrogen-bond acceptors (Lipinski definition) is 3. The van der Waals surface area contributed by atoms with Crippen LogP contribution >= 0.6 is 11.8 Å². The molecule has 1 aliphatic rings. The third kappa shape index (κ3) is 5.36. The van der Waals surface area contributed by atoms with Crippen LogP contribution in [0.25, 0.3) is 0 Å². The Bertz CT molecular complexity index is 721. The van der Waals surface area contributed by atoms with E-state index in [1.807, 2.05) is 53.4 Å². The molecule has 0 spiro atoms. The van der Waals surface area contributed by atoms with Crippen molar-refractivity contribution in [2.45, 2.75) is 18.7 Å². The number of carbonyl (C=O) groups is 2. The Kier molecular flexibility index (Phi) is 6.72. The van der Waals surface area contributed by atoms with Gasteiger partial charge in [-0.25, -0.2) is 0 Å². The summed E-state index contributed by atoms with van der Waals surface area (Å²) in [6, 6.07) is 20.2. The molecular formula is C21H24N2O2S. The van der Waals surface area contributed by atoms with E-state index in [2.05, 4.69) is 12.1 Å². The van der Waals surface area contributed by atoms with E-state index in [4.69, 9.17) is 0 Å². The Morgan fingerprint density at radius 2 is 1.58 bits per heavy atom. The summed E-state index contributed by atoms with van der Waals surface area (Å²) in [7, 11) is 0. The zero-order chi connectivity index (χ0) is 18.2. The Morgan fingerprint density at radius 3 is 2.23 bits per heavy atom. The third-order valence-corrected chi connectivity index (χ3v) is 5.49. The van der Waals surface area contributed by atoms with Gasteiger partial charge < -0.3 is 9.80 Å². The van der Waals surface area contributed by atoms with Crippen LogP contribution < -0.4 is 0 Å². The van der Waals surface area contributed by atoms with Crippen molar-refractivity contribution in [2.75, 3.05) is 25.4 Å². The average Bonchev–Trinajstić information content (AvgIpc) is 2.68. The molecule has 4 nitrogen and oxygen atoms in total. The molecule has 2 aromatic rings. The topological polar surface area (TPSA) is 40.6 Å². The molecule has 0 saturated carbocycles. The van der Waals surface area contributed by atoms with Crippen LogP contribution in [0.2, 0.25) is 0 Å². The SMILES string of the molecule is O=C(CCSCc1ccccc1)N1CCN(Cc2ccccc2)C(=O)C1. The lowest BCUT2D eigenvalue weighted by Crippen LogP contribution is -2.51. The first-order chi connectivity index (χ1) is 12.7. The fourth-order valence-electron chi connectivity index (χ4n) is 2.97. The molecular weight excluding hydrogens is 344 g/mol. The standard InChI is InChI=1S/C21H24N2O2S/c24-20(11-14-26-17-19-9-5-2-6-10-19)23-13-12-22(21(25)16-23)15-18-7-3-1-4-8-18/h1-10H,11-17H2. The second kappa shape index (κ2) is 9.43. The molecule has 2 amide bonds. The Balaban J connectivity index is 1.39. The van der Waals surface area contributed by atoms with Crippen molar-refractivity contribution in [1.29, 1.82) is 0 Å². The maximum absolute atomic E-state index is 12.4. The maximum atomic E-state index is 12.4. The van der Waals surface area contributed by atoms with Crippen LogP contribution in [-0.4, -0.2) is 47.0 Å². The van der Waals surface area contributed by atoms with Crippen LogP contribution in [0.4, 0.5) is 0 Å². The molecule has 5 heteroatoms. The van der Waals surface area contributed by atoms with Gasteiger partial charge in [-0.1, -0.05) is 60.7 Å². The largest absolute Gasteiger partial charge is 0.335 e. The van der Waals surface area contributed by atoms with Gasteiger partial charge in [0.15, 0.2) is 0 Å². The molecule has 0 N–H and O–H groups in total. The quantitative estimate of drug-likeness (QED) is 0.705. The number of nitrogens with zero attached hydrogens (tertiary/aromatic N) is 2. The summed E-state index contributed by atoms with van der Waals surface area (Å²) in [4.78, 5) is 28.3. The summed E-state index contributed by atoms with van der Waals surface area (Å²) in [5.74, 6) is 1.81. The van der Waals surface area contributed by atoms with Crippen molar-refractivity contribution in [3.63, 3.8) is 0 Å². The van der Waals surface area contributed by atoms with Gasteiger partial charge in [-0.2, -0.15) is 11.8 Å². The first-order valence-electron chi connectivity index (χ1n) is 8.93. The van der Waals surface area contributed by atoms with Crippen molar-refractivity contribution in [3.05, 3.63) is 71.8 Å². The van der Waals surface area contributed by atoms with Gasteiger partial charge in [0, 0.05) is 37.6 Å². The normalized spacial score (nSPS) is 14.5. The first kappa shape index (κ1) is 18.5. The fraction of sp³-hybridized carbons (Fsp3) is 0.333. The van der Waals surface area contributed by atoms with Crippen LogP contribution in [0.3, 0.4) is 0 Å². The maximum Gasteiger partial charge on any atom is 0.242 e. The van der Waals surface area contributed by atoms with E-state index in [9.17, 15) is 9.59 Å². The molecule has 0 aliphatic carbocycles. The highest BCUT2D eigenvalue weighted by molar-refractivity contribution is 7.98. The zero-order valence-corrected chi connectivity index (χ0v) is 15.7. The highest BCUT2D eigenvalue weighted by atomic mass is 32.2. The lowest BCUT2D eigenvalue weighted by molar-refractivity contribution is -0.145.